The largest absolute Gasteiger partial charge is 0.497 e. The predicted octanol–water partition coefficient (Wildman–Crippen LogP) is 2.79. The molecule has 2 aliphatic rings. The number of hydrogen-bond acceptors (Lipinski definition) is 6. The number of aromatic nitrogens is 2. The lowest BCUT2D eigenvalue weighted by Crippen LogP contribution is -2.65. The van der Waals surface area contributed by atoms with Gasteiger partial charge in [-0.1, -0.05) is 6.92 Å². The normalized spacial score (nSPS) is 24.7. The van der Waals surface area contributed by atoms with Crippen molar-refractivity contribution >= 4 is 23.5 Å². The van der Waals surface area contributed by atoms with Crippen LogP contribution in [-0.4, -0.2) is 53.4 Å². The summed E-state index contributed by atoms with van der Waals surface area (Å²) in [4.78, 5) is 40.8. The molecule has 0 spiro atoms. The number of nitrogens with zero attached hydrogens (tertiary/aromatic N) is 3. The van der Waals surface area contributed by atoms with Crippen LogP contribution in [-0.2, 0) is 16.1 Å². The van der Waals surface area contributed by atoms with Crippen LogP contribution in [0.1, 0.15) is 60.5 Å². The van der Waals surface area contributed by atoms with Gasteiger partial charge in [-0.05, 0) is 62.8 Å². The molecule has 1 aliphatic heterocycles. The summed E-state index contributed by atoms with van der Waals surface area (Å²) in [5.74, 6) is 0.00651. The number of ether oxygens (including phenoxy) is 2. The molecule has 9 nitrogen and oxygen atoms in total. The number of methoxy groups -OCH3 is 2. The van der Waals surface area contributed by atoms with Gasteiger partial charge >= 0.3 is 5.97 Å². The van der Waals surface area contributed by atoms with Crippen LogP contribution in [0.2, 0.25) is 0 Å². The number of rotatable bonds is 5. The smallest absolute Gasteiger partial charge is 0.358 e. The van der Waals surface area contributed by atoms with Crippen molar-refractivity contribution in [1.82, 2.24) is 15.1 Å². The Morgan fingerprint density at radius 3 is 2.39 bits per heavy atom. The van der Waals surface area contributed by atoms with Crippen LogP contribution in [0.25, 0.3) is 0 Å². The quantitative estimate of drug-likeness (QED) is 0.697. The Hall–Kier alpha value is -3.36. The van der Waals surface area contributed by atoms with Gasteiger partial charge in [0, 0.05) is 17.8 Å². The summed E-state index contributed by atoms with van der Waals surface area (Å²) in [5, 5.41) is 7.43. The van der Waals surface area contributed by atoms with E-state index in [-0.39, 0.29) is 29.9 Å². The molecule has 1 aliphatic carbocycles. The third kappa shape index (κ3) is 4.19. The predicted molar refractivity (Wildman–Crippen MR) is 121 cm³/mol. The minimum atomic E-state index is -1.25. The molecule has 1 N–H and O–H groups in total. The first-order chi connectivity index (χ1) is 15.8. The molecule has 1 aromatic carbocycles. The molecule has 176 valence electrons. The fourth-order valence-electron chi connectivity index (χ4n) is 4.67. The number of benzene rings is 1. The van der Waals surface area contributed by atoms with E-state index >= 15 is 0 Å². The topological polar surface area (TPSA) is 103 Å². The lowest BCUT2D eigenvalue weighted by atomic mass is 9.86. The molecule has 2 amide bonds. The summed E-state index contributed by atoms with van der Waals surface area (Å²) in [6.45, 7) is 4.06. The molecular weight excluding hydrogens is 424 g/mol. The van der Waals surface area contributed by atoms with E-state index in [0.717, 1.165) is 25.7 Å². The van der Waals surface area contributed by atoms with Crippen molar-refractivity contribution in [3.63, 3.8) is 0 Å². The first-order valence-corrected chi connectivity index (χ1v) is 11.2. The third-order valence-electron chi connectivity index (χ3n) is 6.72. The summed E-state index contributed by atoms with van der Waals surface area (Å²) in [7, 11) is 2.82. The second-order valence-electron chi connectivity index (χ2n) is 9.11. The molecule has 1 aromatic heterocycles. The molecule has 0 unspecified atom stereocenters. The number of amides is 2. The van der Waals surface area contributed by atoms with Crippen LogP contribution < -0.4 is 15.0 Å². The number of nitrogens with one attached hydrogen (secondary N) is 1. The van der Waals surface area contributed by atoms with Crippen LogP contribution in [0.5, 0.6) is 5.75 Å². The highest BCUT2D eigenvalue weighted by Crippen LogP contribution is 2.34. The molecule has 0 radical (unpaired) electrons. The zero-order chi connectivity index (χ0) is 23.8. The van der Waals surface area contributed by atoms with Gasteiger partial charge in [0.25, 0.3) is 5.91 Å². The van der Waals surface area contributed by atoms with E-state index in [9.17, 15) is 14.4 Å². The summed E-state index contributed by atoms with van der Waals surface area (Å²) >= 11 is 0. The van der Waals surface area contributed by atoms with Crippen molar-refractivity contribution in [2.75, 3.05) is 19.1 Å². The molecule has 9 heteroatoms. The van der Waals surface area contributed by atoms with Gasteiger partial charge in [-0.15, -0.1) is 0 Å². The Morgan fingerprint density at radius 2 is 1.79 bits per heavy atom. The van der Waals surface area contributed by atoms with Crippen molar-refractivity contribution in [2.45, 2.75) is 57.7 Å². The van der Waals surface area contributed by atoms with Crippen molar-refractivity contribution in [3.05, 3.63) is 41.7 Å². The highest BCUT2D eigenvalue weighted by atomic mass is 16.5. The zero-order valence-corrected chi connectivity index (χ0v) is 19.5. The van der Waals surface area contributed by atoms with Gasteiger partial charge in [-0.3, -0.25) is 19.2 Å². The van der Waals surface area contributed by atoms with Gasteiger partial charge in [-0.25, -0.2) is 4.79 Å². The van der Waals surface area contributed by atoms with Crippen LogP contribution in [0, 0.1) is 5.92 Å². The monoisotopic (exact) mass is 454 g/mol. The Kier molecular flexibility index (Phi) is 6.14. The van der Waals surface area contributed by atoms with Gasteiger partial charge in [0.1, 0.15) is 17.0 Å². The Balaban J connectivity index is 1.72. The second-order valence-corrected chi connectivity index (χ2v) is 9.11. The molecule has 0 bridgehead atoms. The standard InChI is InChI=1S/C24H30N4O5/c1-15-5-7-16(8-6-15)25-23(31)24(2)14-27-20(13-19(26-27)22(30)33-4)21(29)28(24)17-9-11-18(32-3)12-10-17/h9-13,15-16H,5-8,14H2,1-4H3,(H,25,31)/t15?,16?,24-/m0/s1. The number of fused-ring (bicyclic) bond motifs is 1. The number of carbonyl (C=O) groups is 3. The first-order valence-electron chi connectivity index (χ1n) is 11.2. The summed E-state index contributed by atoms with van der Waals surface area (Å²) in [5.41, 5.74) is -0.437. The van der Waals surface area contributed by atoms with E-state index in [1.54, 1.807) is 38.3 Å². The molecule has 33 heavy (non-hydrogen) atoms. The first kappa shape index (κ1) is 22.8. The molecular formula is C24H30N4O5. The highest BCUT2D eigenvalue weighted by Gasteiger charge is 2.49. The Bertz CT molecular complexity index is 1060. The fraction of sp³-hybridized carbons (Fsp3) is 0.500. The second kappa shape index (κ2) is 8.88. The van der Waals surface area contributed by atoms with E-state index in [2.05, 4.69) is 17.3 Å². The maximum atomic E-state index is 13.7. The molecule has 1 fully saturated rings. The number of esters is 1. The Labute approximate surface area is 193 Å². The summed E-state index contributed by atoms with van der Waals surface area (Å²) in [6, 6.07) is 8.47. The molecule has 1 saturated carbocycles. The summed E-state index contributed by atoms with van der Waals surface area (Å²) < 4.78 is 11.4. The minimum absolute atomic E-state index is 0.0291. The van der Waals surface area contributed by atoms with Crippen molar-refractivity contribution in [2.24, 2.45) is 5.92 Å². The van der Waals surface area contributed by atoms with E-state index in [1.165, 1.54) is 22.8 Å². The van der Waals surface area contributed by atoms with Crippen molar-refractivity contribution in [1.29, 1.82) is 0 Å². The number of hydrogen-bond donors (Lipinski definition) is 1. The van der Waals surface area contributed by atoms with Crippen molar-refractivity contribution < 1.29 is 23.9 Å². The highest BCUT2D eigenvalue weighted by molar-refractivity contribution is 6.12. The maximum Gasteiger partial charge on any atom is 0.358 e. The average molecular weight is 455 g/mol. The van der Waals surface area contributed by atoms with Gasteiger partial charge in [-0.2, -0.15) is 5.10 Å². The maximum absolute atomic E-state index is 13.7. The van der Waals surface area contributed by atoms with Crippen molar-refractivity contribution in [3.8, 4) is 5.75 Å². The molecule has 2 heterocycles. The van der Waals surface area contributed by atoms with Gasteiger partial charge in [0.15, 0.2) is 5.69 Å². The average Bonchev–Trinajstić information content (AvgIpc) is 3.24. The molecule has 4 rings (SSSR count). The number of carbonyl (C=O) groups excluding carboxylic acids is 3. The zero-order valence-electron chi connectivity index (χ0n) is 19.5. The summed E-state index contributed by atoms with van der Waals surface area (Å²) in [6.07, 6.45) is 3.96. The van der Waals surface area contributed by atoms with E-state index < -0.39 is 17.4 Å². The lowest BCUT2D eigenvalue weighted by molar-refractivity contribution is -0.127. The van der Waals surface area contributed by atoms with Crippen LogP contribution in [0.15, 0.2) is 30.3 Å². The van der Waals surface area contributed by atoms with Crippen LogP contribution in [0.3, 0.4) is 0 Å². The Morgan fingerprint density at radius 1 is 1.12 bits per heavy atom. The lowest BCUT2D eigenvalue weighted by Gasteiger charge is -2.44. The fourth-order valence-corrected chi connectivity index (χ4v) is 4.67. The number of anilines is 1. The van der Waals surface area contributed by atoms with Crippen LogP contribution >= 0.6 is 0 Å². The molecule has 1 atom stereocenters. The van der Waals surface area contributed by atoms with Crippen LogP contribution in [0.4, 0.5) is 5.69 Å². The van der Waals surface area contributed by atoms with E-state index in [0.29, 0.717) is 17.4 Å². The van der Waals surface area contributed by atoms with E-state index in [4.69, 9.17) is 9.47 Å². The van der Waals surface area contributed by atoms with Gasteiger partial charge in [0.05, 0.1) is 20.8 Å². The minimum Gasteiger partial charge on any atom is -0.497 e. The molecule has 2 aromatic rings. The van der Waals surface area contributed by atoms with E-state index in [1.807, 2.05) is 0 Å². The SMILES string of the molecule is COC(=O)c1cc2n(n1)C[C@@](C)(C(=O)NC1CCC(C)CC1)N(c1ccc(OC)cc1)C2=O. The van der Waals surface area contributed by atoms with Gasteiger partial charge in [0.2, 0.25) is 5.91 Å². The third-order valence-corrected chi connectivity index (χ3v) is 6.72. The van der Waals surface area contributed by atoms with Gasteiger partial charge < -0.3 is 14.8 Å². The molecule has 0 saturated heterocycles.